The number of unbranched alkanes of at least 4 members (excludes halogenated alkanes) is 2. The molecule has 0 heterocycles. The highest BCUT2D eigenvalue weighted by Crippen LogP contribution is 2.13. The van der Waals surface area contributed by atoms with Crippen molar-refractivity contribution in [1.82, 2.24) is 10.6 Å². The van der Waals surface area contributed by atoms with Crippen molar-refractivity contribution < 1.29 is 13.9 Å². The number of guanidine groups is 1. The normalized spacial score (nSPS) is 12.2. The van der Waals surface area contributed by atoms with Crippen molar-refractivity contribution in [3.8, 4) is 5.75 Å². The van der Waals surface area contributed by atoms with Crippen LogP contribution in [0.1, 0.15) is 26.2 Å². The third-order valence-electron chi connectivity index (χ3n) is 3.23. The number of rotatable bonds is 10. The van der Waals surface area contributed by atoms with E-state index < -0.39 is 0 Å². The fourth-order valence-electron chi connectivity index (χ4n) is 2.03. The second-order valence-corrected chi connectivity index (χ2v) is 5.32. The van der Waals surface area contributed by atoms with Gasteiger partial charge in [-0.3, -0.25) is 4.99 Å². The van der Waals surface area contributed by atoms with Crippen LogP contribution in [0.5, 0.6) is 5.75 Å². The maximum atomic E-state index is 13.1. The lowest BCUT2D eigenvalue weighted by Gasteiger charge is -2.17. The first-order chi connectivity index (χ1) is 11.2. The summed E-state index contributed by atoms with van der Waals surface area (Å²) in [6.45, 7) is 4.18. The Morgan fingerprint density at radius 2 is 2.04 bits per heavy atom. The van der Waals surface area contributed by atoms with Crippen molar-refractivity contribution in [2.45, 2.75) is 32.3 Å². The highest BCUT2D eigenvalue weighted by Gasteiger charge is 2.06. The molecule has 5 nitrogen and oxygen atoms in total. The summed E-state index contributed by atoms with van der Waals surface area (Å²) in [5.41, 5.74) is 0. The smallest absolute Gasteiger partial charge is 0.191 e. The molecule has 1 unspecified atom stereocenters. The zero-order valence-electron chi connectivity index (χ0n) is 14.7. The zero-order valence-corrected chi connectivity index (χ0v) is 17.0. The van der Waals surface area contributed by atoms with Gasteiger partial charge in [0.1, 0.15) is 17.7 Å². The van der Waals surface area contributed by atoms with Crippen molar-refractivity contribution >= 4 is 29.9 Å². The Labute approximate surface area is 161 Å². The molecular weight excluding hydrogens is 424 g/mol. The molecule has 0 spiro atoms. The summed E-state index contributed by atoms with van der Waals surface area (Å²) in [6, 6.07) is 6.15. The van der Waals surface area contributed by atoms with E-state index in [2.05, 4.69) is 15.6 Å². The van der Waals surface area contributed by atoms with Gasteiger partial charge in [0.15, 0.2) is 5.96 Å². The van der Waals surface area contributed by atoms with Crippen LogP contribution in [-0.4, -0.2) is 45.9 Å². The molecule has 1 atom stereocenters. The topological polar surface area (TPSA) is 54.9 Å². The summed E-state index contributed by atoms with van der Waals surface area (Å²) < 4.78 is 23.8. The van der Waals surface area contributed by atoms with Gasteiger partial charge in [-0.1, -0.05) is 6.07 Å². The molecule has 0 aliphatic heterocycles. The molecule has 0 bridgehead atoms. The number of halogens is 2. The minimum Gasteiger partial charge on any atom is -0.489 e. The molecule has 0 saturated carbocycles. The van der Waals surface area contributed by atoms with E-state index in [1.165, 1.54) is 12.1 Å². The second kappa shape index (κ2) is 14.3. The van der Waals surface area contributed by atoms with Gasteiger partial charge in [-0.2, -0.15) is 0 Å². The number of benzene rings is 1. The van der Waals surface area contributed by atoms with Crippen LogP contribution in [0, 0.1) is 5.82 Å². The van der Waals surface area contributed by atoms with Crippen LogP contribution >= 0.6 is 24.0 Å². The predicted molar refractivity (Wildman–Crippen MR) is 107 cm³/mol. The molecule has 0 saturated heterocycles. The Bertz CT molecular complexity index is 475. The summed E-state index contributed by atoms with van der Waals surface area (Å²) in [5.74, 6) is 0.973. The molecule has 0 aromatic heterocycles. The van der Waals surface area contributed by atoms with E-state index in [0.29, 0.717) is 12.3 Å². The minimum atomic E-state index is -0.298. The molecule has 0 radical (unpaired) electrons. The molecular formula is C17H29FIN3O2. The lowest BCUT2D eigenvalue weighted by Crippen LogP contribution is -2.42. The Balaban J connectivity index is 0.00000529. The van der Waals surface area contributed by atoms with Crippen LogP contribution in [0.15, 0.2) is 29.3 Å². The first-order valence-electron chi connectivity index (χ1n) is 8.01. The summed E-state index contributed by atoms with van der Waals surface area (Å²) in [7, 11) is 3.45. The van der Waals surface area contributed by atoms with Crippen molar-refractivity contribution in [2.24, 2.45) is 4.99 Å². The van der Waals surface area contributed by atoms with Crippen LogP contribution in [0.25, 0.3) is 0 Å². The summed E-state index contributed by atoms with van der Waals surface area (Å²) in [6.07, 6.45) is 3.16. The molecule has 1 rings (SSSR count). The molecule has 1 aromatic rings. The summed E-state index contributed by atoms with van der Waals surface area (Å²) >= 11 is 0. The van der Waals surface area contributed by atoms with Crippen molar-refractivity contribution in [2.75, 3.05) is 33.9 Å². The monoisotopic (exact) mass is 453 g/mol. The molecule has 2 N–H and O–H groups in total. The Morgan fingerprint density at radius 1 is 1.25 bits per heavy atom. The number of methoxy groups -OCH3 is 1. The van der Waals surface area contributed by atoms with Gasteiger partial charge in [0.25, 0.3) is 0 Å². The Hall–Kier alpha value is -1.09. The fraction of sp³-hybridized carbons (Fsp3) is 0.588. The molecule has 0 aliphatic rings. The standard InChI is InChI=1S/C17H28FN3O2.HI/c1-14(23-16-9-7-8-15(18)12-16)13-21-17(19-2)20-10-5-4-6-11-22-3;/h7-9,12,14H,4-6,10-11,13H2,1-3H3,(H2,19,20,21);1H. The minimum absolute atomic E-state index is 0. The Kier molecular flexibility index (Phi) is 13.6. The van der Waals surface area contributed by atoms with Crippen molar-refractivity contribution in [3.05, 3.63) is 30.1 Å². The van der Waals surface area contributed by atoms with Crippen LogP contribution in [0.2, 0.25) is 0 Å². The van der Waals surface area contributed by atoms with Gasteiger partial charge in [-0.15, -0.1) is 24.0 Å². The number of hydrogen-bond donors (Lipinski definition) is 2. The fourth-order valence-corrected chi connectivity index (χ4v) is 2.03. The number of nitrogens with one attached hydrogen (secondary N) is 2. The number of nitrogens with zero attached hydrogens (tertiary/aromatic N) is 1. The third kappa shape index (κ3) is 10.6. The van der Waals surface area contributed by atoms with Gasteiger partial charge >= 0.3 is 0 Å². The molecule has 0 fully saturated rings. The Morgan fingerprint density at radius 3 is 2.71 bits per heavy atom. The van der Waals surface area contributed by atoms with E-state index in [9.17, 15) is 4.39 Å². The van der Waals surface area contributed by atoms with E-state index in [4.69, 9.17) is 9.47 Å². The summed E-state index contributed by atoms with van der Waals surface area (Å²) in [4.78, 5) is 4.17. The maximum absolute atomic E-state index is 13.1. The largest absolute Gasteiger partial charge is 0.489 e. The van der Waals surface area contributed by atoms with Gasteiger partial charge < -0.3 is 20.1 Å². The molecule has 138 valence electrons. The average molecular weight is 453 g/mol. The van der Waals surface area contributed by atoms with Gasteiger partial charge in [-0.05, 0) is 38.3 Å². The lowest BCUT2D eigenvalue weighted by atomic mass is 10.2. The first-order valence-corrected chi connectivity index (χ1v) is 8.01. The molecule has 7 heteroatoms. The van der Waals surface area contributed by atoms with E-state index >= 15 is 0 Å². The quantitative estimate of drug-likeness (QED) is 0.247. The van der Waals surface area contributed by atoms with E-state index in [-0.39, 0.29) is 35.9 Å². The summed E-state index contributed by atoms with van der Waals surface area (Å²) in [5, 5.41) is 6.46. The van der Waals surface area contributed by atoms with E-state index in [0.717, 1.165) is 38.4 Å². The highest BCUT2D eigenvalue weighted by molar-refractivity contribution is 14.0. The SMILES string of the molecule is CN=C(NCCCCCOC)NCC(C)Oc1cccc(F)c1.I. The van der Waals surface area contributed by atoms with E-state index in [1.54, 1.807) is 26.3 Å². The zero-order chi connectivity index (χ0) is 16.9. The van der Waals surface area contributed by atoms with Crippen LogP contribution in [0.4, 0.5) is 4.39 Å². The van der Waals surface area contributed by atoms with Gasteiger partial charge in [0.2, 0.25) is 0 Å². The highest BCUT2D eigenvalue weighted by atomic mass is 127. The average Bonchev–Trinajstić information content (AvgIpc) is 2.53. The molecule has 0 amide bonds. The predicted octanol–water partition coefficient (Wildman–Crippen LogP) is 3.19. The van der Waals surface area contributed by atoms with E-state index in [1.807, 2.05) is 6.92 Å². The van der Waals surface area contributed by atoms with Crippen LogP contribution in [-0.2, 0) is 4.74 Å². The number of aliphatic imine (C=N–C) groups is 1. The number of hydrogen-bond acceptors (Lipinski definition) is 3. The van der Waals surface area contributed by atoms with Crippen LogP contribution in [0.3, 0.4) is 0 Å². The van der Waals surface area contributed by atoms with Gasteiger partial charge in [0.05, 0.1) is 6.54 Å². The lowest BCUT2D eigenvalue weighted by molar-refractivity contribution is 0.192. The number of ether oxygens (including phenoxy) is 2. The molecule has 0 aliphatic carbocycles. The van der Waals surface area contributed by atoms with Crippen molar-refractivity contribution in [1.29, 1.82) is 0 Å². The van der Waals surface area contributed by atoms with Crippen LogP contribution < -0.4 is 15.4 Å². The van der Waals surface area contributed by atoms with Gasteiger partial charge in [0, 0.05) is 33.4 Å². The second-order valence-electron chi connectivity index (χ2n) is 5.32. The molecule has 1 aromatic carbocycles. The van der Waals surface area contributed by atoms with Crippen molar-refractivity contribution in [3.63, 3.8) is 0 Å². The molecule has 24 heavy (non-hydrogen) atoms. The third-order valence-corrected chi connectivity index (χ3v) is 3.23. The van der Waals surface area contributed by atoms with Gasteiger partial charge in [-0.25, -0.2) is 4.39 Å². The maximum Gasteiger partial charge on any atom is 0.191 e. The first kappa shape index (κ1) is 22.9.